The molecule has 2 nitrogen and oxygen atoms in total. The van der Waals surface area contributed by atoms with Crippen molar-refractivity contribution in [1.82, 2.24) is 0 Å². The molecular formula is C17H19ClO2. The molecule has 0 aromatic heterocycles. The van der Waals surface area contributed by atoms with Crippen LogP contribution < -0.4 is 0 Å². The van der Waals surface area contributed by atoms with Gasteiger partial charge >= 0.3 is 5.97 Å². The highest BCUT2D eigenvalue weighted by atomic mass is 35.5. The second-order valence-corrected chi connectivity index (χ2v) is 5.45. The minimum absolute atomic E-state index is 0.151. The summed E-state index contributed by atoms with van der Waals surface area (Å²) >= 11 is 6.03. The highest BCUT2D eigenvalue weighted by Gasteiger charge is 2.32. The highest BCUT2D eigenvalue weighted by molar-refractivity contribution is 6.31. The van der Waals surface area contributed by atoms with Gasteiger partial charge < -0.3 is 4.74 Å². The van der Waals surface area contributed by atoms with Crippen LogP contribution in [0.4, 0.5) is 0 Å². The van der Waals surface area contributed by atoms with E-state index < -0.39 is 0 Å². The first kappa shape index (κ1) is 14.9. The van der Waals surface area contributed by atoms with E-state index >= 15 is 0 Å². The van der Waals surface area contributed by atoms with Crippen molar-refractivity contribution in [2.24, 2.45) is 5.92 Å². The lowest BCUT2D eigenvalue weighted by molar-refractivity contribution is -0.136. The predicted octanol–water partition coefficient (Wildman–Crippen LogP) is 4.26. The van der Waals surface area contributed by atoms with Gasteiger partial charge in [-0.25, -0.2) is 4.79 Å². The molecule has 0 aliphatic heterocycles. The molecule has 2 rings (SSSR count). The van der Waals surface area contributed by atoms with Crippen LogP contribution in [0.3, 0.4) is 0 Å². The van der Waals surface area contributed by atoms with E-state index in [4.69, 9.17) is 16.3 Å². The quantitative estimate of drug-likeness (QED) is 0.460. The Morgan fingerprint density at radius 3 is 2.80 bits per heavy atom. The molecule has 1 aromatic rings. The summed E-state index contributed by atoms with van der Waals surface area (Å²) in [5, 5.41) is 0.788. The Balaban J connectivity index is 2.03. The van der Waals surface area contributed by atoms with Crippen LogP contribution in [0.25, 0.3) is 0 Å². The fourth-order valence-electron chi connectivity index (χ4n) is 2.35. The van der Waals surface area contributed by atoms with Crippen molar-refractivity contribution in [2.75, 3.05) is 7.11 Å². The topological polar surface area (TPSA) is 26.3 Å². The van der Waals surface area contributed by atoms with Crippen LogP contribution in [-0.4, -0.2) is 13.1 Å². The molecule has 1 aliphatic rings. The normalized spacial score (nSPS) is 17.7. The third-order valence-corrected chi connectivity index (χ3v) is 3.91. The van der Waals surface area contributed by atoms with Gasteiger partial charge in [-0.2, -0.15) is 0 Å². The van der Waals surface area contributed by atoms with Crippen molar-refractivity contribution < 1.29 is 9.53 Å². The Hall–Kier alpha value is -1.54. The SMILES string of the molecule is CC/C=C(/C(=O)OC)C1C=C1Cc1ccc(Cl)c(C)c1. The van der Waals surface area contributed by atoms with Gasteiger partial charge in [0, 0.05) is 16.5 Å². The summed E-state index contributed by atoms with van der Waals surface area (Å²) in [6, 6.07) is 6.06. The summed E-state index contributed by atoms with van der Waals surface area (Å²) in [6.07, 6.45) is 5.78. The number of rotatable bonds is 5. The van der Waals surface area contributed by atoms with Crippen LogP contribution in [0.1, 0.15) is 24.5 Å². The van der Waals surface area contributed by atoms with E-state index in [1.54, 1.807) is 0 Å². The lowest BCUT2D eigenvalue weighted by atomic mass is 10.0. The van der Waals surface area contributed by atoms with E-state index in [-0.39, 0.29) is 11.9 Å². The van der Waals surface area contributed by atoms with Crippen LogP contribution in [0, 0.1) is 12.8 Å². The largest absolute Gasteiger partial charge is 0.466 e. The molecule has 0 N–H and O–H groups in total. The molecule has 106 valence electrons. The van der Waals surface area contributed by atoms with Gasteiger partial charge in [-0.15, -0.1) is 0 Å². The molecule has 0 fully saturated rings. The maximum absolute atomic E-state index is 11.7. The van der Waals surface area contributed by atoms with Crippen LogP contribution >= 0.6 is 11.6 Å². The number of halogens is 1. The van der Waals surface area contributed by atoms with Crippen molar-refractivity contribution in [1.29, 1.82) is 0 Å². The maximum atomic E-state index is 11.7. The monoisotopic (exact) mass is 290 g/mol. The van der Waals surface area contributed by atoms with Crippen molar-refractivity contribution >= 4 is 17.6 Å². The van der Waals surface area contributed by atoms with E-state index in [2.05, 4.69) is 12.1 Å². The Kier molecular flexibility index (Phi) is 4.66. The van der Waals surface area contributed by atoms with Crippen molar-refractivity contribution in [2.45, 2.75) is 26.7 Å². The third-order valence-electron chi connectivity index (χ3n) is 3.48. The average Bonchev–Trinajstić information content (AvgIpc) is 3.18. The van der Waals surface area contributed by atoms with E-state index in [1.165, 1.54) is 18.2 Å². The highest BCUT2D eigenvalue weighted by Crippen LogP contribution is 2.39. The van der Waals surface area contributed by atoms with E-state index in [9.17, 15) is 4.79 Å². The van der Waals surface area contributed by atoms with Crippen LogP contribution in [0.2, 0.25) is 5.02 Å². The number of allylic oxidation sites excluding steroid dienone is 3. The molecule has 1 aliphatic carbocycles. The number of carbonyl (C=O) groups is 1. The Morgan fingerprint density at radius 2 is 2.20 bits per heavy atom. The zero-order valence-corrected chi connectivity index (χ0v) is 12.8. The molecule has 1 atom stereocenters. The molecule has 3 heteroatoms. The smallest absolute Gasteiger partial charge is 0.334 e. The van der Waals surface area contributed by atoms with Crippen molar-refractivity contribution in [3.8, 4) is 0 Å². The predicted molar refractivity (Wildman–Crippen MR) is 81.9 cm³/mol. The minimum atomic E-state index is -0.226. The molecule has 20 heavy (non-hydrogen) atoms. The van der Waals surface area contributed by atoms with Gasteiger partial charge in [0.2, 0.25) is 0 Å². The number of esters is 1. The molecule has 0 bridgehead atoms. The van der Waals surface area contributed by atoms with E-state index in [0.29, 0.717) is 0 Å². The molecule has 0 radical (unpaired) electrons. The van der Waals surface area contributed by atoms with Gasteiger partial charge in [-0.1, -0.05) is 48.4 Å². The summed E-state index contributed by atoms with van der Waals surface area (Å²) in [4.78, 5) is 11.7. The minimum Gasteiger partial charge on any atom is -0.466 e. The maximum Gasteiger partial charge on any atom is 0.334 e. The van der Waals surface area contributed by atoms with E-state index in [1.807, 2.05) is 32.1 Å². The molecule has 0 saturated carbocycles. The molecular weight excluding hydrogens is 272 g/mol. The Bertz CT molecular complexity index is 585. The van der Waals surface area contributed by atoms with Crippen LogP contribution in [0.5, 0.6) is 0 Å². The second-order valence-electron chi connectivity index (χ2n) is 5.04. The molecule has 0 spiro atoms. The summed E-state index contributed by atoms with van der Waals surface area (Å²) in [5.74, 6) is -0.0752. The number of ether oxygens (including phenoxy) is 1. The fourth-order valence-corrected chi connectivity index (χ4v) is 2.47. The van der Waals surface area contributed by atoms with Gasteiger partial charge in [0.15, 0.2) is 0 Å². The van der Waals surface area contributed by atoms with Gasteiger partial charge in [-0.05, 0) is 37.0 Å². The number of methoxy groups -OCH3 is 1. The van der Waals surface area contributed by atoms with Gasteiger partial charge in [0.05, 0.1) is 7.11 Å². The summed E-state index contributed by atoms with van der Waals surface area (Å²) in [7, 11) is 1.43. The zero-order chi connectivity index (χ0) is 14.7. The Morgan fingerprint density at radius 1 is 1.45 bits per heavy atom. The number of hydrogen-bond donors (Lipinski definition) is 0. The molecule has 0 amide bonds. The standard InChI is InChI=1S/C17H19ClO2/c1-4-5-14(17(19)20-3)15-10-13(15)9-12-6-7-16(18)11(2)8-12/h5-8,10,15H,4,9H2,1-3H3/b14-5+. The number of hydrogen-bond acceptors (Lipinski definition) is 2. The first-order chi connectivity index (χ1) is 9.56. The fraction of sp³-hybridized carbons (Fsp3) is 0.353. The molecule has 1 unspecified atom stereocenters. The molecule has 0 saturated heterocycles. The molecule has 0 heterocycles. The average molecular weight is 291 g/mol. The number of aryl methyl sites for hydroxylation is 1. The number of benzene rings is 1. The van der Waals surface area contributed by atoms with E-state index in [0.717, 1.165) is 29.0 Å². The van der Waals surface area contributed by atoms with Gasteiger partial charge in [-0.3, -0.25) is 0 Å². The number of carbonyl (C=O) groups excluding carboxylic acids is 1. The first-order valence-electron chi connectivity index (χ1n) is 6.80. The second kappa shape index (κ2) is 6.27. The summed E-state index contributed by atoms with van der Waals surface area (Å²) in [6.45, 7) is 4.02. The van der Waals surface area contributed by atoms with Gasteiger partial charge in [0.25, 0.3) is 0 Å². The lowest BCUT2D eigenvalue weighted by Crippen LogP contribution is -2.08. The first-order valence-corrected chi connectivity index (χ1v) is 7.18. The Labute approximate surface area is 125 Å². The van der Waals surface area contributed by atoms with Crippen molar-refractivity contribution in [3.63, 3.8) is 0 Å². The summed E-state index contributed by atoms with van der Waals surface area (Å²) < 4.78 is 4.84. The zero-order valence-electron chi connectivity index (χ0n) is 12.1. The lowest BCUT2D eigenvalue weighted by Gasteiger charge is -2.06. The summed E-state index contributed by atoms with van der Waals surface area (Å²) in [5.41, 5.74) is 4.34. The van der Waals surface area contributed by atoms with Crippen LogP contribution in [-0.2, 0) is 16.0 Å². The van der Waals surface area contributed by atoms with Gasteiger partial charge in [0.1, 0.15) is 0 Å². The van der Waals surface area contributed by atoms with Crippen LogP contribution in [0.15, 0.2) is 41.5 Å². The molecule has 1 aromatic carbocycles. The third kappa shape index (κ3) is 3.31. The van der Waals surface area contributed by atoms with Crippen molar-refractivity contribution in [3.05, 3.63) is 57.6 Å².